The highest BCUT2D eigenvalue weighted by molar-refractivity contribution is 9.10. The summed E-state index contributed by atoms with van der Waals surface area (Å²) in [5.74, 6) is -1.62. The van der Waals surface area contributed by atoms with E-state index in [0.717, 1.165) is 12.1 Å². The molecule has 106 valence electrons. The van der Waals surface area contributed by atoms with Gasteiger partial charge in [0.1, 0.15) is 17.5 Å². The second-order valence-corrected chi connectivity index (χ2v) is 5.54. The summed E-state index contributed by atoms with van der Waals surface area (Å²) in [6.07, 6.45) is 0. The fourth-order valence-corrected chi connectivity index (χ4v) is 2.44. The van der Waals surface area contributed by atoms with Crippen LogP contribution in [0.25, 0.3) is 0 Å². The second kappa shape index (κ2) is 6.06. The fourth-order valence-electron chi connectivity index (χ4n) is 1.80. The van der Waals surface area contributed by atoms with Crippen molar-refractivity contribution in [1.82, 2.24) is 0 Å². The number of hydrogen-bond acceptors (Lipinski definition) is 1. The Kier molecular flexibility index (Phi) is 4.60. The lowest BCUT2D eigenvalue weighted by Gasteiger charge is -2.18. The van der Waals surface area contributed by atoms with E-state index in [4.69, 9.17) is 11.6 Å². The summed E-state index contributed by atoms with van der Waals surface area (Å²) >= 11 is 8.84. The Morgan fingerprint density at radius 2 is 1.80 bits per heavy atom. The maximum Gasteiger partial charge on any atom is 0.147 e. The van der Waals surface area contributed by atoms with Crippen LogP contribution in [0.3, 0.4) is 0 Å². The molecule has 0 bridgehead atoms. The van der Waals surface area contributed by atoms with Crippen molar-refractivity contribution < 1.29 is 13.2 Å². The van der Waals surface area contributed by atoms with Crippen LogP contribution in [0.4, 0.5) is 18.9 Å². The molecule has 0 spiro atoms. The normalized spacial score (nSPS) is 12.3. The van der Waals surface area contributed by atoms with Crippen LogP contribution >= 0.6 is 27.5 Å². The summed E-state index contributed by atoms with van der Waals surface area (Å²) in [7, 11) is 0. The molecular weight excluding hydrogens is 355 g/mol. The predicted molar refractivity (Wildman–Crippen MR) is 77.5 cm³/mol. The van der Waals surface area contributed by atoms with E-state index in [9.17, 15) is 13.2 Å². The highest BCUT2D eigenvalue weighted by Crippen LogP contribution is 2.29. The SMILES string of the molecule is CC(Nc1cc(F)c(Br)cc1F)c1ccc(F)cc1Cl. The highest BCUT2D eigenvalue weighted by Gasteiger charge is 2.14. The van der Waals surface area contributed by atoms with E-state index in [0.29, 0.717) is 5.56 Å². The van der Waals surface area contributed by atoms with Gasteiger partial charge in [0, 0.05) is 11.1 Å². The molecule has 0 heterocycles. The van der Waals surface area contributed by atoms with Gasteiger partial charge in [-0.05, 0) is 46.6 Å². The summed E-state index contributed by atoms with van der Waals surface area (Å²) < 4.78 is 40.2. The van der Waals surface area contributed by atoms with E-state index in [1.165, 1.54) is 18.2 Å². The molecule has 0 aliphatic heterocycles. The van der Waals surface area contributed by atoms with E-state index in [1.54, 1.807) is 6.92 Å². The Hall–Kier alpha value is -1.20. The van der Waals surface area contributed by atoms with Crippen molar-refractivity contribution in [3.8, 4) is 0 Å². The summed E-state index contributed by atoms with van der Waals surface area (Å²) in [5, 5.41) is 3.04. The Labute approximate surface area is 127 Å². The molecule has 0 amide bonds. The van der Waals surface area contributed by atoms with Gasteiger partial charge in [-0.15, -0.1) is 0 Å². The highest BCUT2D eigenvalue weighted by atomic mass is 79.9. The van der Waals surface area contributed by atoms with Crippen molar-refractivity contribution in [2.75, 3.05) is 5.32 Å². The molecule has 2 aromatic carbocycles. The van der Waals surface area contributed by atoms with Gasteiger partial charge in [0.2, 0.25) is 0 Å². The van der Waals surface area contributed by atoms with Crippen molar-refractivity contribution in [3.63, 3.8) is 0 Å². The zero-order valence-corrected chi connectivity index (χ0v) is 12.7. The lowest BCUT2D eigenvalue weighted by atomic mass is 10.1. The molecule has 0 aliphatic rings. The van der Waals surface area contributed by atoms with E-state index in [-0.39, 0.29) is 15.2 Å². The summed E-state index contributed by atoms with van der Waals surface area (Å²) in [4.78, 5) is 0. The third-order valence-electron chi connectivity index (χ3n) is 2.81. The number of hydrogen-bond donors (Lipinski definition) is 1. The van der Waals surface area contributed by atoms with Gasteiger partial charge in [0.15, 0.2) is 0 Å². The number of nitrogens with one attached hydrogen (secondary N) is 1. The smallest absolute Gasteiger partial charge is 0.147 e. The molecule has 1 nitrogen and oxygen atoms in total. The average molecular weight is 365 g/mol. The predicted octanol–water partition coefficient (Wildman–Crippen LogP) is 5.69. The van der Waals surface area contributed by atoms with Crippen molar-refractivity contribution in [2.24, 2.45) is 0 Å². The molecule has 0 radical (unpaired) electrons. The second-order valence-electron chi connectivity index (χ2n) is 4.28. The van der Waals surface area contributed by atoms with Crippen molar-refractivity contribution in [2.45, 2.75) is 13.0 Å². The zero-order valence-electron chi connectivity index (χ0n) is 10.4. The Morgan fingerprint density at radius 3 is 2.45 bits per heavy atom. The average Bonchev–Trinajstić information content (AvgIpc) is 2.35. The summed E-state index contributed by atoms with van der Waals surface area (Å²) in [5.41, 5.74) is 0.606. The molecule has 2 rings (SSSR count). The van der Waals surface area contributed by atoms with Gasteiger partial charge in [-0.2, -0.15) is 0 Å². The largest absolute Gasteiger partial charge is 0.376 e. The monoisotopic (exact) mass is 363 g/mol. The minimum absolute atomic E-state index is 0.0126. The van der Waals surface area contributed by atoms with Crippen molar-refractivity contribution >= 4 is 33.2 Å². The minimum Gasteiger partial charge on any atom is -0.376 e. The van der Waals surface area contributed by atoms with Gasteiger partial charge in [0.05, 0.1) is 16.2 Å². The van der Waals surface area contributed by atoms with Gasteiger partial charge < -0.3 is 5.32 Å². The van der Waals surface area contributed by atoms with E-state index < -0.39 is 23.5 Å². The molecule has 0 saturated heterocycles. The lowest BCUT2D eigenvalue weighted by Crippen LogP contribution is -2.09. The van der Waals surface area contributed by atoms with Gasteiger partial charge in [-0.3, -0.25) is 0 Å². The number of anilines is 1. The molecule has 0 aromatic heterocycles. The number of benzene rings is 2. The zero-order chi connectivity index (χ0) is 14.9. The molecule has 0 saturated carbocycles. The van der Waals surface area contributed by atoms with Crippen LogP contribution in [-0.4, -0.2) is 0 Å². The van der Waals surface area contributed by atoms with Gasteiger partial charge in [-0.25, -0.2) is 13.2 Å². The quantitative estimate of drug-likeness (QED) is 0.690. The third kappa shape index (κ3) is 3.27. The van der Waals surface area contributed by atoms with Crippen LogP contribution in [-0.2, 0) is 0 Å². The van der Waals surface area contributed by atoms with Crippen molar-refractivity contribution in [3.05, 3.63) is 62.8 Å². The maximum absolute atomic E-state index is 13.7. The first-order chi connectivity index (χ1) is 9.38. The molecular formula is C14H10BrClF3N. The molecule has 0 aliphatic carbocycles. The Bertz CT molecular complexity index is 649. The number of halogens is 5. The standard InChI is InChI=1S/C14H10BrClF3N/c1-7(9-3-2-8(17)4-11(9)16)20-14-6-12(18)10(15)5-13(14)19/h2-7,20H,1H3. The van der Waals surface area contributed by atoms with E-state index >= 15 is 0 Å². The minimum atomic E-state index is -0.594. The molecule has 20 heavy (non-hydrogen) atoms. The molecule has 1 atom stereocenters. The van der Waals surface area contributed by atoms with Crippen LogP contribution < -0.4 is 5.32 Å². The van der Waals surface area contributed by atoms with Crippen LogP contribution in [0.2, 0.25) is 5.02 Å². The lowest BCUT2D eigenvalue weighted by molar-refractivity contribution is 0.595. The van der Waals surface area contributed by atoms with Crippen LogP contribution in [0, 0.1) is 17.5 Å². The molecule has 6 heteroatoms. The van der Waals surface area contributed by atoms with Crippen LogP contribution in [0.15, 0.2) is 34.8 Å². The third-order valence-corrected chi connectivity index (χ3v) is 3.75. The molecule has 1 N–H and O–H groups in total. The fraction of sp³-hybridized carbons (Fsp3) is 0.143. The maximum atomic E-state index is 13.7. The Morgan fingerprint density at radius 1 is 1.10 bits per heavy atom. The van der Waals surface area contributed by atoms with E-state index in [2.05, 4.69) is 21.2 Å². The van der Waals surface area contributed by atoms with Gasteiger partial charge in [-0.1, -0.05) is 17.7 Å². The topological polar surface area (TPSA) is 12.0 Å². The van der Waals surface area contributed by atoms with Gasteiger partial charge in [0.25, 0.3) is 0 Å². The van der Waals surface area contributed by atoms with E-state index in [1.807, 2.05) is 0 Å². The Balaban J connectivity index is 2.27. The van der Waals surface area contributed by atoms with Crippen molar-refractivity contribution in [1.29, 1.82) is 0 Å². The van der Waals surface area contributed by atoms with Crippen LogP contribution in [0.1, 0.15) is 18.5 Å². The first-order valence-electron chi connectivity index (χ1n) is 5.74. The molecule has 1 unspecified atom stereocenters. The summed E-state index contributed by atoms with van der Waals surface area (Å²) in [6.45, 7) is 1.72. The van der Waals surface area contributed by atoms with Gasteiger partial charge >= 0.3 is 0 Å². The first kappa shape index (κ1) is 15.2. The first-order valence-corrected chi connectivity index (χ1v) is 6.91. The molecule has 2 aromatic rings. The summed E-state index contributed by atoms with van der Waals surface area (Å²) in [6, 6.07) is 5.62. The van der Waals surface area contributed by atoms with Crippen LogP contribution in [0.5, 0.6) is 0 Å². The molecule has 0 fully saturated rings. The number of rotatable bonds is 3.